The van der Waals surface area contributed by atoms with Gasteiger partial charge in [0.05, 0.1) is 23.3 Å². The summed E-state index contributed by atoms with van der Waals surface area (Å²) in [6.07, 6.45) is 1.91. The molecule has 0 radical (unpaired) electrons. The monoisotopic (exact) mass is 346 g/mol. The number of hydrogen-bond acceptors (Lipinski definition) is 5. The standard InChI is InChI=1S/C13H16Cl2N4OS/c1-2-3-10-9(4-5-11(14)12(10)15)8-20-6-7-21-13-16-18-19-17-13/h4-5H,2-3,6-8H2,1H3,(H,16,17,18,19). The number of H-pyrrole nitrogens is 1. The predicted molar refractivity (Wildman–Crippen MR) is 85.0 cm³/mol. The molecule has 21 heavy (non-hydrogen) atoms. The molecule has 0 bridgehead atoms. The zero-order valence-electron chi connectivity index (χ0n) is 11.6. The normalized spacial score (nSPS) is 11.0. The van der Waals surface area contributed by atoms with Gasteiger partial charge < -0.3 is 4.74 Å². The number of nitrogens with zero attached hydrogens (tertiary/aromatic N) is 3. The molecule has 114 valence electrons. The molecule has 0 amide bonds. The number of rotatable bonds is 8. The third-order valence-electron chi connectivity index (χ3n) is 2.84. The lowest BCUT2D eigenvalue weighted by molar-refractivity contribution is 0.136. The highest BCUT2D eigenvalue weighted by Crippen LogP contribution is 2.30. The third-order valence-corrected chi connectivity index (χ3v) is 4.50. The second kappa shape index (κ2) is 8.58. The first-order chi connectivity index (χ1) is 10.2. The van der Waals surface area contributed by atoms with Crippen molar-refractivity contribution in [3.05, 3.63) is 33.3 Å². The minimum atomic E-state index is 0.529. The van der Waals surface area contributed by atoms with Crippen molar-refractivity contribution < 1.29 is 4.74 Å². The van der Waals surface area contributed by atoms with E-state index in [0.29, 0.717) is 28.4 Å². The van der Waals surface area contributed by atoms with Gasteiger partial charge in [-0.2, -0.15) is 0 Å². The van der Waals surface area contributed by atoms with Crippen molar-refractivity contribution >= 4 is 35.0 Å². The first kappa shape index (κ1) is 16.5. The van der Waals surface area contributed by atoms with E-state index < -0.39 is 0 Å². The molecule has 1 aromatic heterocycles. The highest BCUT2D eigenvalue weighted by molar-refractivity contribution is 7.99. The number of ether oxygens (including phenoxy) is 1. The van der Waals surface area contributed by atoms with Crippen molar-refractivity contribution in [3.63, 3.8) is 0 Å². The van der Waals surface area contributed by atoms with Crippen LogP contribution < -0.4 is 0 Å². The van der Waals surface area contributed by atoms with Crippen LogP contribution in [-0.2, 0) is 17.8 Å². The summed E-state index contributed by atoms with van der Waals surface area (Å²) in [5.74, 6) is 0.779. The summed E-state index contributed by atoms with van der Waals surface area (Å²) in [6, 6.07) is 3.80. The minimum absolute atomic E-state index is 0.529. The molecule has 1 heterocycles. The molecule has 0 fully saturated rings. The minimum Gasteiger partial charge on any atom is -0.376 e. The summed E-state index contributed by atoms with van der Waals surface area (Å²) in [4.78, 5) is 0. The van der Waals surface area contributed by atoms with Crippen molar-refractivity contribution in [1.29, 1.82) is 0 Å². The second-order valence-corrected chi connectivity index (χ2v) is 6.23. The Bertz CT molecular complexity index is 566. The van der Waals surface area contributed by atoms with E-state index in [2.05, 4.69) is 27.5 Å². The van der Waals surface area contributed by atoms with Crippen molar-refractivity contribution in [2.24, 2.45) is 0 Å². The van der Waals surface area contributed by atoms with Crippen molar-refractivity contribution in [3.8, 4) is 0 Å². The number of thioether (sulfide) groups is 1. The van der Waals surface area contributed by atoms with Crippen LogP contribution in [-0.4, -0.2) is 33.0 Å². The summed E-state index contributed by atoms with van der Waals surface area (Å²) in [7, 11) is 0. The van der Waals surface area contributed by atoms with Gasteiger partial charge in [0, 0.05) is 5.75 Å². The Balaban J connectivity index is 1.83. The number of halogens is 2. The zero-order valence-corrected chi connectivity index (χ0v) is 13.9. The molecule has 1 N–H and O–H groups in total. The van der Waals surface area contributed by atoms with Crippen molar-refractivity contribution in [1.82, 2.24) is 20.6 Å². The molecule has 8 heteroatoms. The maximum absolute atomic E-state index is 6.27. The predicted octanol–water partition coefficient (Wildman–Crippen LogP) is 3.77. The van der Waals surface area contributed by atoms with Gasteiger partial charge in [0.25, 0.3) is 0 Å². The molecule has 0 aliphatic heterocycles. The van der Waals surface area contributed by atoms with Gasteiger partial charge in [-0.3, -0.25) is 0 Å². The summed E-state index contributed by atoms with van der Waals surface area (Å²) in [5, 5.41) is 15.4. The largest absolute Gasteiger partial charge is 0.376 e. The highest BCUT2D eigenvalue weighted by Gasteiger charge is 2.10. The van der Waals surface area contributed by atoms with Crippen LogP contribution in [0.1, 0.15) is 24.5 Å². The van der Waals surface area contributed by atoms with Crippen LogP contribution in [0, 0.1) is 0 Å². The Hall–Kier alpha value is -0.820. The Kier molecular flexibility index (Phi) is 6.76. The number of aromatic nitrogens is 4. The van der Waals surface area contributed by atoms with E-state index >= 15 is 0 Å². The Labute approximate surface area is 137 Å². The van der Waals surface area contributed by atoms with Crippen LogP contribution in [0.4, 0.5) is 0 Å². The lowest BCUT2D eigenvalue weighted by atomic mass is 10.0. The lowest BCUT2D eigenvalue weighted by Crippen LogP contribution is -2.02. The molecule has 0 atom stereocenters. The zero-order chi connectivity index (χ0) is 15.1. The topological polar surface area (TPSA) is 63.7 Å². The molecule has 1 aromatic carbocycles. The first-order valence-corrected chi connectivity index (χ1v) is 8.36. The highest BCUT2D eigenvalue weighted by atomic mass is 35.5. The van der Waals surface area contributed by atoms with Gasteiger partial charge in [0.15, 0.2) is 0 Å². The van der Waals surface area contributed by atoms with Gasteiger partial charge in [-0.05, 0) is 34.0 Å². The maximum atomic E-state index is 6.27. The quantitative estimate of drug-likeness (QED) is 0.582. The van der Waals surface area contributed by atoms with E-state index in [1.54, 1.807) is 0 Å². The number of hydrogen-bond donors (Lipinski definition) is 1. The average molecular weight is 347 g/mol. The molecule has 2 aromatic rings. The summed E-state index contributed by atoms with van der Waals surface area (Å²) in [6.45, 7) is 3.25. The van der Waals surface area contributed by atoms with E-state index in [1.165, 1.54) is 11.8 Å². The van der Waals surface area contributed by atoms with Gasteiger partial charge >= 0.3 is 0 Å². The van der Waals surface area contributed by atoms with Gasteiger partial charge in [0.2, 0.25) is 5.16 Å². The fraction of sp³-hybridized carbons (Fsp3) is 0.462. The SMILES string of the molecule is CCCc1c(COCCSc2nnn[nH]2)ccc(Cl)c1Cl. The molecule has 5 nitrogen and oxygen atoms in total. The molecule has 0 aliphatic carbocycles. The van der Waals surface area contributed by atoms with Gasteiger partial charge in [-0.15, -0.1) is 5.10 Å². The smallest absolute Gasteiger partial charge is 0.206 e. The summed E-state index contributed by atoms with van der Waals surface area (Å²) < 4.78 is 5.69. The Morgan fingerprint density at radius 1 is 1.33 bits per heavy atom. The summed E-state index contributed by atoms with van der Waals surface area (Å²) >= 11 is 13.8. The molecule has 0 aliphatic rings. The van der Waals surface area contributed by atoms with Crippen molar-refractivity contribution in [2.45, 2.75) is 31.5 Å². The van der Waals surface area contributed by atoms with E-state index in [0.717, 1.165) is 29.7 Å². The van der Waals surface area contributed by atoms with Crippen LogP contribution in [0.15, 0.2) is 17.3 Å². The van der Waals surface area contributed by atoms with Crippen LogP contribution in [0.2, 0.25) is 10.0 Å². The lowest BCUT2D eigenvalue weighted by Gasteiger charge is -2.12. The van der Waals surface area contributed by atoms with Crippen molar-refractivity contribution in [2.75, 3.05) is 12.4 Å². The second-order valence-electron chi connectivity index (χ2n) is 4.36. The fourth-order valence-electron chi connectivity index (χ4n) is 1.88. The van der Waals surface area contributed by atoms with Gasteiger partial charge in [0.1, 0.15) is 0 Å². The summed E-state index contributed by atoms with van der Waals surface area (Å²) in [5.41, 5.74) is 2.18. The van der Waals surface area contributed by atoms with E-state index in [1.807, 2.05) is 12.1 Å². The molecular formula is C13H16Cl2N4OS. The number of tetrazole rings is 1. The number of aromatic amines is 1. The molecule has 0 saturated carbocycles. The Morgan fingerprint density at radius 2 is 2.19 bits per heavy atom. The van der Waals surface area contributed by atoms with E-state index in [9.17, 15) is 0 Å². The molecule has 0 saturated heterocycles. The first-order valence-electron chi connectivity index (χ1n) is 6.62. The van der Waals surface area contributed by atoms with Crippen LogP contribution >= 0.6 is 35.0 Å². The molecule has 0 unspecified atom stereocenters. The molecular weight excluding hydrogens is 331 g/mol. The average Bonchev–Trinajstić information content (AvgIpc) is 2.99. The third kappa shape index (κ3) is 4.85. The molecule has 2 rings (SSSR count). The fourth-order valence-corrected chi connectivity index (χ4v) is 2.93. The van der Waals surface area contributed by atoms with Crippen LogP contribution in [0.5, 0.6) is 0 Å². The molecule has 0 spiro atoms. The van der Waals surface area contributed by atoms with Crippen LogP contribution in [0.3, 0.4) is 0 Å². The Morgan fingerprint density at radius 3 is 2.90 bits per heavy atom. The van der Waals surface area contributed by atoms with Crippen LogP contribution in [0.25, 0.3) is 0 Å². The van der Waals surface area contributed by atoms with E-state index in [4.69, 9.17) is 27.9 Å². The maximum Gasteiger partial charge on any atom is 0.206 e. The van der Waals surface area contributed by atoms with Gasteiger partial charge in [-0.25, -0.2) is 5.10 Å². The number of nitrogens with one attached hydrogen (secondary N) is 1. The van der Waals surface area contributed by atoms with E-state index in [-0.39, 0.29) is 0 Å². The number of benzene rings is 1. The van der Waals surface area contributed by atoms with Gasteiger partial charge in [-0.1, -0.05) is 54.4 Å².